The van der Waals surface area contributed by atoms with Crippen molar-refractivity contribution in [3.63, 3.8) is 0 Å². The van der Waals surface area contributed by atoms with E-state index in [0.717, 1.165) is 30.6 Å². The Morgan fingerprint density at radius 1 is 1.08 bits per heavy atom. The van der Waals surface area contributed by atoms with E-state index >= 15 is 0 Å². The number of amides is 1. The van der Waals surface area contributed by atoms with Gasteiger partial charge in [-0.15, -0.1) is 0 Å². The first-order valence-electron chi connectivity index (χ1n) is 8.70. The summed E-state index contributed by atoms with van der Waals surface area (Å²) in [6.07, 6.45) is 4.19. The summed E-state index contributed by atoms with van der Waals surface area (Å²) in [5.74, 6) is 0.0510. The summed E-state index contributed by atoms with van der Waals surface area (Å²) in [4.78, 5) is 17.7. The summed E-state index contributed by atoms with van der Waals surface area (Å²) < 4.78 is 0. The van der Waals surface area contributed by atoms with E-state index in [9.17, 15) is 4.79 Å². The topological polar surface area (TPSA) is 48.1 Å². The van der Waals surface area contributed by atoms with Crippen molar-refractivity contribution in [2.24, 2.45) is 0 Å². The van der Waals surface area contributed by atoms with E-state index in [4.69, 9.17) is 0 Å². The molecule has 130 valence electrons. The van der Waals surface area contributed by atoms with E-state index in [1.165, 1.54) is 16.5 Å². The molecule has 0 bridgehead atoms. The van der Waals surface area contributed by atoms with Crippen LogP contribution >= 0.6 is 0 Å². The summed E-state index contributed by atoms with van der Waals surface area (Å²) >= 11 is 0. The van der Waals surface area contributed by atoms with Gasteiger partial charge in [-0.05, 0) is 56.3 Å². The average Bonchev–Trinajstić information content (AvgIpc) is 3.02. The molecule has 25 heavy (non-hydrogen) atoms. The van der Waals surface area contributed by atoms with Crippen molar-refractivity contribution < 1.29 is 4.79 Å². The predicted molar refractivity (Wildman–Crippen MR) is 104 cm³/mol. The van der Waals surface area contributed by atoms with Crippen LogP contribution in [0.15, 0.2) is 54.7 Å². The molecule has 1 heterocycles. The first kappa shape index (κ1) is 17.2. The molecule has 0 saturated heterocycles. The third-order valence-electron chi connectivity index (χ3n) is 4.35. The molecule has 0 aliphatic heterocycles. The highest BCUT2D eigenvalue weighted by molar-refractivity contribution is 5.91. The largest absolute Gasteiger partial charge is 0.361 e. The molecule has 4 heteroatoms. The maximum atomic E-state index is 12.3. The Bertz CT molecular complexity index is 851. The highest BCUT2D eigenvalue weighted by atomic mass is 16.1. The lowest BCUT2D eigenvalue weighted by Gasteiger charge is -2.11. The van der Waals surface area contributed by atoms with Crippen LogP contribution in [0.3, 0.4) is 0 Å². The number of hydrogen-bond donors (Lipinski definition) is 2. The molecule has 0 unspecified atom stereocenters. The Balaban J connectivity index is 1.56. The van der Waals surface area contributed by atoms with Crippen LogP contribution in [-0.4, -0.2) is 36.4 Å². The van der Waals surface area contributed by atoms with Crippen molar-refractivity contribution in [3.8, 4) is 0 Å². The zero-order valence-corrected chi connectivity index (χ0v) is 14.9. The van der Waals surface area contributed by atoms with E-state index < -0.39 is 0 Å². The molecule has 0 fully saturated rings. The number of benzene rings is 2. The number of aromatic nitrogens is 1. The number of anilines is 1. The normalized spacial score (nSPS) is 11.2. The van der Waals surface area contributed by atoms with Gasteiger partial charge in [0.1, 0.15) is 0 Å². The number of aromatic amines is 1. The number of likely N-dealkylation sites (N-methyl/N-ethyl adjacent to an activating group) is 1. The van der Waals surface area contributed by atoms with Crippen LogP contribution in [-0.2, 0) is 17.6 Å². The van der Waals surface area contributed by atoms with E-state index in [2.05, 4.69) is 53.6 Å². The monoisotopic (exact) mass is 335 g/mol. The van der Waals surface area contributed by atoms with Crippen molar-refractivity contribution >= 4 is 22.5 Å². The third kappa shape index (κ3) is 4.70. The fraction of sp³-hybridized carbons (Fsp3) is 0.286. The molecule has 1 amide bonds. The van der Waals surface area contributed by atoms with Gasteiger partial charge in [0.2, 0.25) is 5.91 Å². The van der Waals surface area contributed by atoms with Gasteiger partial charge in [-0.1, -0.05) is 30.3 Å². The second-order valence-electron chi connectivity index (χ2n) is 6.66. The molecule has 0 aliphatic carbocycles. The molecule has 4 nitrogen and oxygen atoms in total. The number of hydrogen-bond acceptors (Lipinski definition) is 2. The summed E-state index contributed by atoms with van der Waals surface area (Å²) in [6.45, 7) is 0.998. The molecule has 0 spiro atoms. The van der Waals surface area contributed by atoms with Gasteiger partial charge in [0.15, 0.2) is 0 Å². The van der Waals surface area contributed by atoms with Gasteiger partial charge in [0.05, 0.1) is 0 Å². The maximum Gasteiger partial charge on any atom is 0.224 e. The van der Waals surface area contributed by atoms with Crippen LogP contribution in [0.1, 0.15) is 17.5 Å². The molecule has 0 aliphatic rings. The van der Waals surface area contributed by atoms with Crippen molar-refractivity contribution in [3.05, 3.63) is 65.9 Å². The Kier molecular flexibility index (Phi) is 5.51. The fourth-order valence-corrected chi connectivity index (χ4v) is 2.97. The van der Waals surface area contributed by atoms with Crippen LogP contribution in [0.25, 0.3) is 10.9 Å². The smallest absolute Gasteiger partial charge is 0.224 e. The summed E-state index contributed by atoms with van der Waals surface area (Å²) in [5, 5.41) is 4.21. The molecule has 1 aromatic heterocycles. The number of para-hydroxylation sites is 1. The van der Waals surface area contributed by atoms with Crippen LogP contribution in [0.2, 0.25) is 0 Å². The van der Waals surface area contributed by atoms with E-state index in [1.807, 2.05) is 30.5 Å². The van der Waals surface area contributed by atoms with Crippen LogP contribution in [0.5, 0.6) is 0 Å². The van der Waals surface area contributed by atoms with Gasteiger partial charge in [-0.2, -0.15) is 0 Å². The molecule has 0 atom stereocenters. The quantitative estimate of drug-likeness (QED) is 0.689. The zero-order chi connectivity index (χ0) is 17.6. The highest BCUT2D eigenvalue weighted by Gasteiger charge is 2.07. The number of rotatable bonds is 7. The van der Waals surface area contributed by atoms with Gasteiger partial charge < -0.3 is 15.2 Å². The molecule has 3 rings (SSSR count). The van der Waals surface area contributed by atoms with Crippen molar-refractivity contribution in [1.82, 2.24) is 9.88 Å². The maximum absolute atomic E-state index is 12.3. The summed E-state index contributed by atoms with van der Waals surface area (Å²) in [7, 11) is 4.13. The Morgan fingerprint density at radius 3 is 2.76 bits per heavy atom. The van der Waals surface area contributed by atoms with Crippen molar-refractivity contribution in [1.29, 1.82) is 0 Å². The van der Waals surface area contributed by atoms with E-state index in [1.54, 1.807) is 0 Å². The predicted octanol–water partition coefficient (Wildman–Crippen LogP) is 3.84. The standard InChI is InChI=1S/C21H25N3O/c1-24(2)13-12-16-6-5-7-18(14-16)23-21(25)11-10-17-15-22-20-9-4-3-8-19(17)20/h3-9,14-15,22H,10-13H2,1-2H3,(H,23,25). The Morgan fingerprint density at radius 2 is 1.92 bits per heavy atom. The van der Waals surface area contributed by atoms with Crippen molar-refractivity contribution in [2.75, 3.05) is 26.0 Å². The van der Waals surface area contributed by atoms with Crippen molar-refractivity contribution in [2.45, 2.75) is 19.3 Å². The highest BCUT2D eigenvalue weighted by Crippen LogP contribution is 2.19. The number of fused-ring (bicyclic) bond motifs is 1. The summed E-state index contributed by atoms with van der Waals surface area (Å²) in [6, 6.07) is 16.3. The van der Waals surface area contributed by atoms with E-state index in [-0.39, 0.29) is 5.91 Å². The van der Waals surface area contributed by atoms with Gasteiger partial charge in [0, 0.05) is 35.8 Å². The number of aryl methyl sites for hydroxylation is 1. The zero-order valence-electron chi connectivity index (χ0n) is 14.9. The van der Waals surface area contributed by atoms with Gasteiger partial charge in [-0.3, -0.25) is 4.79 Å². The minimum Gasteiger partial charge on any atom is -0.361 e. The average molecular weight is 335 g/mol. The molecule has 0 radical (unpaired) electrons. The Hall–Kier alpha value is -2.59. The Labute approximate surface area is 148 Å². The van der Waals surface area contributed by atoms with Crippen LogP contribution in [0, 0.1) is 0 Å². The molecule has 2 N–H and O–H groups in total. The van der Waals surface area contributed by atoms with Crippen LogP contribution in [0.4, 0.5) is 5.69 Å². The fourth-order valence-electron chi connectivity index (χ4n) is 2.97. The van der Waals surface area contributed by atoms with Gasteiger partial charge in [0.25, 0.3) is 0 Å². The SMILES string of the molecule is CN(C)CCc1cccc(NC(=O)CCc2c[nH]c3ccccc23)c1. The third-order valence-corrected chi connectivity index (χ3v) is 4.35. The lowest BCUT2D eigenvalue weighted by Crippen LogP contribution is -2.15. The first-order chi connectivity index (χ1) is 12.1. The van der Waals surface area contributed by atoms with Gasteiger partial charge in [-0.25, -0.2) is 0 Å². The number of carbonyl (C=O) groups is 1. The second kappa shape index (κ2) is 7.99. The number of nitrogens with zero attached hydrogens (tertiary/aromatic N) is 1. The van der Waals surface area contributed by atoms with Crippen LogP contribution < -0.4 is 5.32 Å². The number of nitrogens with one attached hydrogen (secondary N) is 2. The first-order valence-corrected chi connectivity index (χ1v) is 8.70. The molecule has 2 aromatic carbocycles. The number of carbonyl (C=O) groups excluding carboxylic acids is 1. The molecular weight excluding hydrogens is 310 g/mol. The molecular formula is C21H25N3O. The minimum absolute atomic E-state index is 0.0510. The number of H-pyrrole nitrogens is 1. The second-order valence-corrected chi connectivity index (χ2v) is 6.66. The lowest BCUT2D eigenvalue weighted by molar-refractivity contribution is -0.116. The van der Waals surface area contributed by atoms with Gasteiger partial charge >= 0.3 is 0 Å². The molecule has 0 saturated carbocycles. The minimum atomic E-state index is 0.0510. The molecule has 3 aromatic rings. The summed E-state index contributed by atoms with van der Waals surface area (Å²) in [5.41, 5.74) is 4.42. The van der Waals surface area contributed by atoms with E-state index in [0.29, 0.717) is 6.42 Å². The lowest BCUT2D eigenvalue weighted by atomic mass is 10.1.